The fraction of sp³-hybridized carbons (Fsp3) is 0.466. The second kappa shape index (κ2) is 30.5. The summed E-state index contributed by atoms with van der Waals surface area (Å²) in [5.74, 6) is -7.08. The van der Waals surface area contributed by atoms with Crippen LogP contribution in [0.3, 0.4) is 0 Å². The van der Waals surface area contributed by atoms with Crippen molar-refractivity contribution >= 4 is 76.4 Å². The van der Waals surface area contributed by atoms with Gasteiger partial charge in [-0.2, -0.15) is 0 Å². The minimum Gasteiger partial charge on any atom is -0.391 e. The van der Waals surface area contributed by atoms with Gasteiger partial charge in [0.2, 0.25) is 65.5 Å². The van der Waals surface area contributed by atoms with Gasteiger partial charge in [0.05, 0.1) is 19.2 Å². The molecule has 4 aromatic rings. The van der Waals surface area contributed by atoms with E-state index in [0.29, 0.717) is 54.1 Å². The standard InChI is InChI=1S/C58H76FN13O12/c1-34-23-38-7-5-8-39(24-38)29-64-47(75)16-15-46(71(4)56(83)44(67-33-73)25-40-30-62-43-14-13-41(59)26-42(40)43)54(81)70-52(35(2)74)55(82)66-32-51(79)72-22-6-20-58(72,3)57(84)61-21-19-36-9-11-37(12-10-36)28-63-48(76)17-18-49(77)69-45(27-60)53(80)65-31-50(78)68-34/h5,7-14,24,26,30,33-35,44-46,52,62,74H,6,15-23,25,27-29,31-32,60H2,1-4H3,(H,61,84)(H,63,76)(H,64,75)(H,65,80)(H,66,82)(H,67,73)(H,68,78)(H,69,77)(H,70,81)/t34-,35-,44+,45+,46+,52+,58+/m1/s1. The number of benzene rings is 3. The van der Waals surface area contributed by atoms with Crippen LogP contribution in [0.1, 0.15) is 87.1 Å². The Bertz CT molecular complexity index is 3050. The van der Waals surface area contributed by atoms with E-state index < -0.39 is 120 Å². The van der Waals surface area contributed by atoms with Crippen molar-refractivity contribution < 1.29 is 62.2 Å². The molecule has 0 unspecified atom stereocenters. The number of nitrogens with zero attached hydrogens (tertiary/aromatic N) is 2. The molecule has 0 radical (unpaired) electrons. The summed E-state index contributed by atoms with van der Waals surface area (Å²) in [6.45, 7) is 3.89. The zero-order valence-corrected chi connectivity index (χ0v) is 47.6. The minimum atomic E-state index is -1.70. The summed E-state index contributed by atoms with van der Waals surface area (Å²) < 4.78 is 14.4. The molecule has 0 aliphatic carbocycles. The van der Waals surface area contributed by atoms with E-state index in [-0.39, 0.29) is 64.8 Å². The van der Waals surface area contributed by atoms with Crippen LogP contribution in [0, 0.1) is 5.82 Å². The first-order valence-electron chi connectivity index (χ1n) is 27.9. The van der Waals surface area contributed by atoms with Crippen LogP contribution in [0.4, 0.5) is 4.39 Å². The zero-order chi connectivity index (χ0) is 61.1. The normalized spacial score (nSPS) is 22.9. The van der Waals surface area contributed by atoms with Gasteiger partial charge in [0, 0.05) is 88.6 Å². The number of carbonyl (C=O) groups is 11. The lowest BCUT2D eigenvalue weighted by Gasteiger charge is -2.34. The topological polar surface area (TPSA) is 365 Å². The summed E-state index contributed by atoms with van der Waals surface area (Å²) in [6, 6.07) is 12.3. The first-order valence-corrected chi connectivity index (χ1v) is 27.9. The van der Waals surface area contributed by atoms with Gasteiger partial charge >= 0.3 is 0 Å². The van der Waals surface area contributed by atoms with Crippen molar-refractivity contribution in [3.05, 3.63) is 107 Å². The number of H-pyrrole nitrogens is 1. The zero-order valence-electron chi connectivity index (χ0n) is 47.6. The number of aliphatic hydroxyl groups is 1. The monoisotopic (exact) mass is 1170 g/mol. The Morgan fingerprint density at radius 3 is 2.18 bits per heavy atom. The fourth-order valence-corrected chi connectivity index (χ4v) is 10.2. The van der Waals surface area contributed by atoms with E-state index in [9.17, 15) is 62.2 Å². The molecule has 1 saturated heterocycles. The molecule has 4 heterocycles. The van der Waals surface area contributed by atoms with Gasteiger partial charge in [0.25, 0.3) is 0 Å². The first kappa shape index (κ1) is 64.4. The molecule has 25 nitrogen and oxygen atoms in total. The van der Waals surface area contributed by atoms with Gasteiger partial charge in [-0.25, -0.2) is 4.39 Å². The smallest absolute Gasteiger partial charge is 0.245 e. The van der Waals surface area contributed by atoms with Crippen LogP contribution in [0.15, 0.2) is 72.9 Å². The number of rotatable bonds is 8. The van der Waals surface area contributed by atoms with Gasteiger partial charge in [0.1, 0.15) is 35.5 Å². The third-order valence-corrected chi connectivity index (χ3v) is 14.9. The van der Waals surface area contributed by atoms with Gasteiger partial charge in [0.15, 0.2) is 0 Å². The largest absolute Gasteiger partial charge is 0.391 e. The Morgan fingerprint density at radius 2 is 1.46 bits per heavy atom. The first-order chi connectivity index (χ1) is 40.1. The van der Waals surface area contributed by atoms with Gasteiger partial charge in [-0.05, 0) is 98.9 Å². The number of hydrogen-bond acceptors (Lipinski definition) is 13. The number of nitrogens with two attached hydrogens (primary N) is 1. The van der Waals surface area contributed by atoms with E-state index in [4.69, 9.17) is 5.73 Å². The molecule has 1 aromatic heterocycles. The van der Waals surface area contributed by atoms with Crippen LogP contribution >= 0.6 is 0 Å². The number of nitrogens with one attached hydrogen (secondary N) is 10. The van der Waals surface area contributed by atoms with Crippen LogP contribution in [0.25, 0.3) is 10.9 Å². The molecule has 7 atom stereocenters. The summed E-state index contributed by atoms with van der Waals surface area (Å²) in [6.07, 6.45) is 0.624. The number of hydrogen-bond donors (Lipinski definition) is 12. The van der Waals surface area contributed by atoms with E-state index in [0.717, 1.165) is 21.6 Å². The molecule has 26 heteroatoms. The SMILES string of the molecule is C[C@@H]1Cc2cccc(c2)CNC(=O)CC[C@H](N(C)C(=O)[C@H](Cc2c[nH]c3ccc(F)cc23)NC=O)C(=O)N[C@@H]([C@@H](C)O)C(=O)NCC(=O)N2CCC[C@@]2(C)C(=O)NCCc2ccc(cc2)CNC(=O)CCC(=O)N[C@@H](CN)C(=O)NCC(=O)N1. The lowest BCUT2D eigenvalue weighted by Crippen LogP contribution is -2.60. The summed E-state index contributed by atoms with van der Waals surface area (Å²) in [7, 11) is 1.27. The maximum atomic E-state index is 14.4. The van der Waals surface area contributed by atoms with Crippen molar-refractivity contribution in [1.82, 2.24) is 62.6 Å². The van der Waals surface area contributed by atoms with Crippen molar-refractivity contribution in [2.75, 3.05) is 39.8 Å². The molecule has 3 aliphatic rings. The Labute approximate surface area is 485 Å². The molecule has 3 aliphatic heterocycles. The quantitative estimate of drug-likeness (QED) is 0.0717. The molecule has 452 valence electrons. The predicted octanol–water partition coefficient (Wildman–Crippen LogP) is -1.37. The number of amides is 11. The summed E-state index contributed by atoms with van der Waals surface area (Å²) in [4.78, 5) is 152. The van der Waals surface area contributed by atoms with Crippen LogP contribution in [-0.4, -0.2) is 167 Å². The Kier molecular flexibility index (Phi) is 23.4. The Hall–Kier alpha value is -8.78. The van der Waals surface area contributed by atoms with E-state index in [1.54, 1.807) is 50.4 Å². The second-order valence-electron chi connectivity index (χ2n) is 21.4. The molecule has 13 N–H and O–H groups in total. The van der Waals surface area contributed by atoms with E-state index >= 15 is 0 Å². The van der Waals surface area contributed by atoms with Crippen LogP contribution in [0.5, 0.6) is 0 Å². The predicted molar refractivity (Wildman–Crippen MR) is 305 cm³/mol. The summed E-state index contributed by atoms with van der Waals surface area (Å²) in [5.41, 5.74) is 8.60. The molecule has 84 heavy (non-hydrogen) atoms. The van der Waals surface area contributed by atoms with Gasteiger partial charge in [-0.1, -0.05) is 48.5 Å². The van der Waals surface area contributed by atoms with Gasteiger partial charge in [-0.15, -0.1) is 0 Å². The van der Waals surface area contributed by atoms with E-state index in [1.807, 2.05) is 18.2 Å². The lowest BCUT2D eigenvalue weighted by molar-refractivity contribution is -0.145. The van der Waals surface area contributed by atoms with E-state index in [2.05, 4.69) is 52.8 Å². The molecule has 11 amide bonds. The minimum absolute atomic E-state index is 0.0203. The molecular weight excluding hydrogens is 1090 g/mol. The number of aromatic amines is 1. The van der Waals surface area contributed by atoms with E-state index in [1.165, 1.54) is 37.1 Å². The summed E-state index contributed by atoms with van der Waals surface area (Å²) in [5, 5.41) is 35.0. The van der Waals surface area contributed by atoms with Gasteiger partial charge < -0.3 is 73.5 Å². The molecule has 1 fully saturated rings. The van der Waals surface area contributed by atoms with Crippen molar-refractivity contribution in [2.24, 2.45) is 5.73 Å². The number of likely N-dealkylation sites (N-methyl/N-ethyl adjacent to an activating group) is 1. The third-order valence-electron chi connectivity index (χ3n) is 14.9. The average molecular weight is 1170 g/mol. The van der Waals surface area contributed by atoms with Crippen molar-refractivity contribution in [2.45, 2.75) is 134 Å². The van der Waals surface area contributed by atoms with Gasteiger partial charge in [-0.3, -0.25) is 52.7 Å². The number of fused-ring (bicyclic) bond motifs is 32. The molecule has 4 bridgehead atoms. The van der Waals surface area contributed by atoms with Crippen LogP contribution < -0.4 is 53.6 Å². The highest BCUT2D eigenvalue weighted by molar-refractivity contribution is 5.97. The number of aliphatic hydroxyl groups excluding tert-OH is 1. The maximum Gasteiger partial charge on any atom is 0.245 e. The Balaban J connectivity index is 1.19. The molecule has 3 aromatic carbocycles. The fourth-order valence-electron chi connectivity index (χ4n) is 10.2. The highest BCUT2D eigenvalue weighted by Crippen LogP contribution is 2.29. The van der Waals surface area contributed by atoms with Crippen molar-refractivity contribution in [3.63, 3.8) is 0 Å². The molecule has 7 rings (SSSR count). The molecule has 0 saturated carbocycles. The number of carbonyl (C=O) groups excluding carboxylic acids is 11. The number of halogens is 1. The van der Waals surface area contributed by atoms with Crippen molar-refractivity contribution in [3.8, 4) is 0 Å². The third kappa shape index (κ3) is 18.1. The second-order valence-corrected chi connectivity index (χ2v) is 21.4. The highest BCUT2D eigenvalue weighted by atomic mass is 19.1. The average Bonchev–Trinajstić information content (AvgIpc) is 4.27. The maximum absolute atomic E-state index is 14.4. The van der Waals surface area contributed by atoms with Crippen LogP contribution in [0.2, 0.25) is 0 Å². The number of aromatic nitrogens is 1. The summed E-state index contributed by atoms with van der Waals surface area (Å²) >= 11 is 0. The highest BCUT2D eigenvalue weighted by Gasteiger charge is 2.46. The molecular formula is C58H76FN13O12. The van der Waals surface area contributed by atoms with Crippen LogP contribution in [-0.2, 0) is 85.1 Å². The Morgan fingerprint density at radius 1 is 0.786 bits per heavy atom. The molecule has 0 spiro atoms. The lowest BCUT2D eigenvalue weighted by atomic mass is 9.97. The van der Waals surface area contributed by atoms with Crippen molar-refractivity contribution in [1.29, 1.82) is 0 Å².